The molecule has 0 atom stereocenters. The van der Waals surface area contributed by atoms with Crippen molar-refractivity contribution in [2.75, 3.05) is 5.32 Å². The lowest BCUT2D eigenvalue weighted by molar-refractivity contribution is -0.119. The van der Waals surface area contributed by atoms with Crippen LogP contribution in [0.15, 0.2) is 16.9 Å². The van der Waals surface area contributed by atoms with Crippen LogP contribution in [-0.2, 0) is 10.2 Å². The number of carbonyl (C=O) groups is 1. The number of carbonyl (C=O) groups excluding carboxylic acids is 1. The van der Waals surface area contributed by atoms with Crippen molar-refractivity contribution in [1.29, 1.82) is 0 Å². The first-order valence-electron chi connectivity index (χ1n) is 3.99. The number of nitrogens with zero attached hydrogens (tertiary/aromatic N) is 1. The topological polar surface area (TPSA) is 42.0 Å². The molecule has 1 N–H and O–H groups in total. The van der Waals surface area contributed by atoms with Gasteiger partial charge in [0.2, 0.25) is 5.91 Å². The SMILES string of the molecule is CC1(C)C(=O)Nc2cnc(Br)cc21. The average molecular weight is 241 g/mol. The molecular weight excluding hydrogens is 232 g/mol. The van der Waals surface area contributed by atoms with Gasteiger partial charge in [0.05, 0.1) is 17.3 Å². The molecule has 13 heavy (non-hydrogen) atoms. The zero-order valence-corrected chi connectivity index (χ0v) is 8.97. The number of anilines is 1. The van der Waals surface area contributed by atoms with E-state index >= 15 is 0 Å². The lowest BCUT2D eigenvalue weighted by Crippen LogP contribution is -2.26. The molecule has 0 spiro atoms. The van der Waals surface area contributed by atoms with Crippen molar-refractivity contribution in [1.82, 2.24) is 4.98 Å². The molecule has 2 heterocycles. The highest BCUT2D eigenvalue weighted by atomic mass is 79.9. The summed E-state index contributed by atoms with van der Waals surface area (Å²) in [7, 11) is 0. The quantitative estimate of drug-likeness (QED) is 0.706. The minimum absolute atomic E-state index is 0.0300. The Hall–Kier alpha value is -0.900. The van der Waals surface area contributed by atoms with E-state index in [1.54, 1.807) is 6.20 Å². The zero-order valence-electron chi connectivity index (χ0n) is 7.39. The Balaban J connectivity index is 2.64. The second-order valence-electron chi connectivity index (χ2n) is 3.63. The van der Waals surface area contributed by atoms with E-state index in [0.29, 0.717) is 0 Å². The number of halogens is 1. The molecule has 1 aliphatic heterocycles. The molecule has 1 aliphatic rings. The molecule has 0 fully saturated rings. The largest absolute Gasteiger partial charge is 0.324 e. The molecule has 0 bridgehead atoms. The number of pyridine rings is 1. The highest BCUT2D eigenvalue weighted by Gasteiger charge is 2.38. The van der Waals surface area contributed by atoms with E-state index in [4.69, 9.17) is 0 Å². The van der Waals surface area contributed by atoms with Crippen molar-refractivity contribution >= 4 is 27.5 Å². The first-order chi connectivity index (χ1) is 6.01. The Morgan fingerprint density at radius 3 is 2.92 bits per heavy atom. The minimum Gasteiger partial charge on any atom is -0.324 e. The van der Waals surface area contributed by atoms with Crippen LogP contribution in [0.5, 0.6) is 0 Å². The Morgan fingerprint density at radius 1 is 1.54 bits per heavy atom. The van der Waals surface area contributed by atoms with Crippen molar-refractivity contribution in [2.45, 2.75) is 19.3 Å². The molecule has 0 saturated heterocycles. The molecule has 0 aromatic carbocycles. The van der Waals surface area contributed by atoms with Gasteiger partial charge in [-0.25, -0.2) is 4.98 Å². The van der Waals surface area contributed by atoms with Gasteiger partial charge in [-0.05, 0) is 41.4 Å². The molecule has 1 aromatic rings. The van der Waals surface area contributed by atoms with Gasteiger partial charge in [0, 0.05) is 0 Å². The number of fused-ring (bicyclic) bond motifs is 1. The maximum Gasteiger partial charge on any atom is 0.234 e. The number of hydrogen-bond acceptors (Lipinski definition) is 2. The fraction of sp³-hybridized carbons (Fsp3) is 0.333. The maximum absolute atomic E-state index is 11.5. The van der Waals surface area contributed by atoms with Crippen molar-refractivity contribution in [3.63, 3.8) is 0 Å². The summed E-state index contributed by atoms with van der Waals surface area (Å²) < 4.78 is 0.760. The molecule has 2 rings (SSSR count). The summed E-state index contributed by atoms with van der Waals surface area (Å²) >= 11 is 3.29. The van der Waals surface area contributed by atoms with E-state index in [1.807, 2.05) is 19.9 Å². The predicted octanol–water partition coefficient (Wildman–Crippen LogP) is 2.07. The summed E-state index contributed by atoms with van der Waals surface area (Å²) in [6.45, 7) is 3.81. The maximum atomic E-state index is 11.5. The van der Waals surface area contributed by atoms with E-state index in [0.717, 1.165) is 15.9 Å². The molecule has 1 aromatic heterocycles. The van der Waals surface area contributed by atoms with Gasteiger partial charge in [-0.1, -0.05) is 0 Å². The van der Waals surface area contributed by atoms with Crippen LogP contribution in [0.2, 0.25) is 0 Å². The van der Waals surface area contributed by atoms with Gasteiger partial charge in [0.15, 0.2) is 0 Å². The number of amides is 1. The summed E-state index contributed by atoms with van der Waals surface area (Å²) in [5.74, 6) is 0.0300. The highest BCUT2D eigenvalue weighted by molar-refractivity contribution is 9.10. The third kappa shape index (κ3) is 1.16. The number of hydrogen-bond donors (Lipinski definition) is 1. The Morgan fingerprint density at radius 2 is 2.23 bits per heavy atom. The lowest BCUT2D eigenvalue weighted by atomic mass is 9.87. The van der Waals surface area contributed by atoms with Crippen LogP contribution < -0.4 is 5.32 Å². The zero-order chi connectivity index (χ0) is 9.64. The standard InChI is InChI=1S/C9H9BrN2O/c1-9(2)5-3-7(10)11-4-6(5)12-8(9)13/h3-4H,1-2H3,(H,12,13). The van der Waals surface area contributed by atoms with Crippen molar-refractivity contribution in [3.8, 4) is 0 Å². The summed E-state index contributed by atoms with van der Waals surface area (Å²) in [5.41, 5.74) is 1.37. The number of nitrogens with one attached hydrogen (secondary N) is 1. The fourth-order valence-electron chi connectivity index (χ4n) is 1.45. The Kier molecular flexibility index (Phi) is 1.70. The molecule has 0 radical (unpaired) electrons. The third-order valence-corrected chi connectivity index (χ3v) is 2.79. The van der Waals surface area contributed by atoms with Gasteiger partial charge < -0.3 is 5.32 Å². The van der Waals surface area contributed by atoms with E-state index in [2.05, 4.69) is 26.2 Å². The van der Waals surface area contributed by atoms with Crippen LogP contribution in [-0.4, -0.2) is 10.9 Å². The fourth-order valence-corrected chi connectivity index (χ4v) is 1.78. The van der Waals surface area contributed by atoms with Gasteiger partial charge in [-0.3, -0.25) is 4.79 Å². The van der Waals surface area contributed by atoms with E-state index in [9.17, 15) is 4.79 Å². The van der Waals surface area contributed by atoms with Gasteiger partial charge in [-0.2, -0.15) is 0 Å². The van der Waals surface area contributed by atoms with Crippen LogP contribution >= 0.6 is 15.9 Å². The molecule has 4 heteroatoms. The van der Waals surface area contributed by atoms with Crippen LogP contribution in [0.3, 0.4) is 0 Å². The second kappa shape index (κ2) is 2.54. The lowest BCUT2D eigenvalue weighted by Gasteiger charge is -2.14. The Labute approximate surface area is 84.7 Å². The summed E-state index contributed by atoms with van der Waals surface area (Å²) in [4.78, 5) is 15.6. The van der Waals surface area contributed by atoms with Gasteiger partial charge >= 0.3 is 0 Å². The van der Waals surface area contributed by atoms with E-state index < -0.39 is 5.41 Å². The number of rotatable bonds is 0. The van der Waals surface area contributed by atoms with E-state index in [-0.39, 0.29) is 5.91 Å². The molecule has 0 aliphatic carbocycles. The first-order valence-corrected chi connectivity index (χ1v) is 4.78. The van der Waals surface area contributed by atoms with Crippen LogP contribution in [0, 0.1) is 0 Å². The van der Waals surface area contributed by atoms with Gasteiger partial charge in [0.25, 0.3) is 0 Å². The average Bonchev–Trinajstić information content (AvgIpc) is 2.27. The van der Waals surface area contributed by atoms with Crippen molar-refractivity contribution in [2.24, 2.45) is 0 Å². The predicted molar refractivity (Wildman–Crippen MR) is 53.6 cm³/mol. The smallest absolute Gasteiger partial charge is 0.234 e. The third-order valence-electron chi connectivity index (χ3n) is 2.36. The van der Waals surface area contributed by atoms with Crippen LogP contribution in [0.4, 0.5) is 5.69 Å². The Bertz CT molecular complexity index is 387. The van der Waals surface area contributed by atoms with Crippen molar-refractivity contribution in [3.05, 3.63) is 22.4 Å². The van der Waals surface area contributed by atoms with Crippen LogP contribution in [0.25, 0.3) is 0 Å². The molecule has 0 unspecified atom stereocenters. The molecule has 68 valence electrons. The molecular formula is C9H9BrN2O. The molecule has 0 saturated carbocycles. The number of aromatic nitrogens is 1. The summed E-state index contributed by atoms with van der Waals surface area (Å²) in [5, 5.41) is 2.79. The molecule has 3 nitrogen and oxygen atoms in total. The summed E-state index contributed by atoms with van der Waals surface area (Å²) in [6.07, 6.45) is 1.67. The highest BCUT2D eigenvalue weighted by Crippen LogP contribution is 2.37. The molecule has 1 amide bonds. The monoisotopic (exact) mass is 240 g/mol. The van der Waals surface area contributed by atoms with Crippen molar-refractivity contribution < 1.29 is 4.79 Å². The van der Waals surface area contributed by atoms with Gasteiger partial charge in [-0.15, -0.1) is 0 Å². The minimum atomic E-state index is -0.444. The van der Waals surface area contributed by atoms with Gasteiger partial charge in [0.1, 0.15) is 4.60 Å². The normalized spacial score (nSPS) is 18.2. The second-order valence-corrected chi connectivity index (χ2v) is 4.44. The van der Waals surface area contributed by atoms with E-state index in [1.165, 1.54) is 0 Å². The first kappa shape index (κ1) is 8.69. The van der Waals surface area contributed by atoms with Crippen LogP contribution in [0.1, 0.15) is 19.4 Å². The summed E-state index contributed by atoms with van der Waals surface area (Å²) in [6, 6.07) is 1.88.